The Kier molecular flexibility index (Phi) is 20.0. The van der Waals surface area contributed by atoms with Crippen LogP contribution in [0.15, 0.2) is 364 Å². The summed E-state index contributed by atoms with van der Waals surface area (Å²) in [7, 11) is 0. The van der Waals surface area contributed by atoms with Gasteiger partial charge in [-0.15, -0.1) is 0 Å². The number of hydrogen-bond acceptors (Lipinski definition) is 4. The first-order valence-corrected chi connectivity index (χ1v) is 34.2. The standard InChI is InChI=1S/2C45H40N2O2/c2*48-42(44(34-20-7-1-8-21-34,35-22-9-2-10-23-35)36-24-11-3-12-25-36)46-40-32-19-33-41(40)47-43(49)45(37-26-13-4-14-27-37,38-28-15-5-16-29-38)39-30-17-6-18-31-39/h2*1-18,20-31,40-41H,19,32-33H2,(H,46,48)(H,47,49)/t2*40-,41-/m11/s1. The van der Waals surface area contributed by atoms with Crippen LogP contribution >= 0.6 is 0 Å². The van der Waals surface area contributed by atoms with Gasteiger partial charge in [0, 0.05) is 24.2 Å². The SMILES string of the molecule is O=C(N[C@@H]1CCC[C@H]1NC(=O)C(c1ccccc1)(c1ccccc1)c1ccccc1)C(c1ccccc1)(c1ccccc1)c1ccccc1.O=C(N[C@@H]1CCC[C@H]1NC(=O)C(c1ccccc1)(c1ccccc1)c1ccccc1)C(c1ccccc1)(c1ccccc1)c1ccccc1. The van der Waals surface area contributed by atoms with Crippen molar-refractivity contribution in [2.45, 2.75) is 84.4 Å². The average molecular weight is 1280 g/mol. The first kappa shape index (κ1) is 65.2. The number of benzene rings is 12. The Morgan fingerprint density at radius 2 is 0.286 bits per heavy atom. The molecule has 0 heterocycles. The molecular formula is C90H80N4O4. The molecule has 484 valence electrons. The van der Waals surface area contributed by atoms with E-state index >= 15 is 19.2 Å². The van der Waals surface area contributed by atoms with E-state index in [1.807, 2.05) is 364 Å². The topological polar surface area (TPSA) is 116 Å². The molecule has 0 spiro atoms. The normalized spacial score (nSPS) is 16.1. The van der Waals surface area contributed by atoms with E-state index in [9.17, 15) is 0 Å². The van der Waals surface area contributed by atoms with Gasteiger partial charge in [0.1, 0.15) is 21.7 Å². The number of carbonyl (C=O) groups is 4. The van der Waals surface area contributed by atoms with E-state index in [-0.39, 0.29) is 47.8 Å². The fourth-order valence-corrected chi connectivity index (χ4v) is 15.5. The van der Waals surface area contributed by atoms with E-state index in [0.29, 0.717) is 0 Å². The molecule has 0 radical (unpaired) electrons. The maximum absolute atomic E-state index is 15.1. The predicted octanol–water partition coefficient (Wildman–Crippen LogP) is 16.4. The Morgan fingerprint density at radius 3 is 0.388 bits per heavy atom. The lowest BCUT2D eigenvalue weighted by Gasteiger charge is -2.38. The van der Waals surface area contributed by atoms with Gasteiger partial charge in [-0.3, -0.25) is 19.2 Å². The van der Waals surface area contributed by atoms with Gasteiger partial charge in [0.05, 0.1) is 0 Å². The molecule has 4 atom stereocenters. The second-order valence-electron chi connectivity index (χ2n) is 25.6. The number of rotatable bonds is 20. The summed E-state index contributed by atoms with van der Waals surface area (Å²) in [5.74, 6) is -0.434. The van der Waals surface area contributed by atoms with Gasteiger partial charge in [-0.1, -0.05) is 364 Å². The molecule has 8 nitrogen and oxygen atoms in total. The zero-order valence-electron chi connectivity index (χ0n) is 54.8. The van der Waals surface area contributed by atoms with E-state index in [1.165, 1.54) is 0 Å². The van der Waals surface area contributed by atoms with Crippen LogP contribution in [0.5, 0.6) is 0 Å². The van der Waals surface area contributed by atoms with Crippen LogP contribution in [0.1, 0.15) is 105 Å². The van der Waals surface area contributed by atoms with Crippen LogP contribution in [0.4, 0.5) is 0 Å². The van der Waals surface area contributed by atoms with Crippen LogP contribution < -0.4 is 21.3 Å². The van der Waals surface area contributed by atoms with Gasteiger partial charge in [0.15, 0.2) is 0 Å². The molecule has 4 N–H and O–H groups in total. The van der Waals surface area contributed by atoms with Crippen molar-refractivity contribution in [3.8, 4) is 0 Å². The van der Waals surface area contributed by atoms with Gasteiger partial charge in [0.2, 0.25) is 23.6 Å². The summed E-state index contributed by atoms with van der Waals surface area (Å²) in [5.41, 5.74) is 6.29. The summed E-state index contributed by atoms with van der Waals surface area (Å²) in [5, 5.41) is 14.0. The third kappa shape index (κ3) is 12.6. The summed E-state index contributed by atoms with van der Waals surface area (Å²) in [4.78, 5) is 60.4. The molecule has 2 aliphatic carbocycles. The molecule has 2 aliphatic rings. The molecule has 8 heteroatoms. The second-order valence-corrected chi connectivity index (χ2v) is 25.6. The van der Waals surface area contributed by atoms with Crippen molar-refractivity contribution in [2.24, 2.45) is 0 Å². The quantitative estimate of drug-likeness (QED) is 0.0569. The van der Waals surface area contributed by atoms with E-state index in [2.05, 4.69) is 21.3 Å². The van der Waals surface area contributed by atoms with Crippen LogP contribution in [0, 0.1) is 0 Å². The van der Waals surface area contributed by atoms with Crippen molar-refractivity contribution in [2.75, 3.05) is 0 Å². The zero-order chi connectivity index (χ0) is 67.0. The fraction of sp³-hybridized carbons (Fsp3) is 0.156. The van der Waals surface area contributed by atoms with Crippen molar-refractivity contribution < 1.29 is 19.2 Å². The van der Waals surface area contributed by atoms with Crippen LogP contribution in [-0.2, 0) is 40.8 Å². The van der Waals surface area contributed by atoms with Gasteiger partial charge < -0.3 is 21.3 Å². The minimum Gasteiger partial charge on any atom is -0.350 e. The van der Waals surface area contributed by atoms with E-state index in [1.54, 1.807) is 0 Å². The highest BCUT2D eigenvalue weighted by Gasteiger charge is 2.51. The van der Waals surface area contributed by atoms with Crippen LogP contribution in [-0.4, -0.2) is 47.8 Å². The molecule has 14 rings (SSSR count). The Labute approximate surface area is 575 Å². The maximum atomic E-state index is 15.1. The largest absolute Gasteiger partial charge is 0.350 e. The molecule has 0 bridgehead atoms. The van der Waals surface area contributed by atoms with Crippen LogP contribution in [0.25, 0.3) is 0 Å². The van der Waals surface area contributed by atoms with Gasteiger partial charge in [0.25, 0.3) is 0 Å². The summed E-state index contributed by atoms with van der Waals surface area (Å²) in [6, 6.07) is 119. The van der Waals surface area contributed by atoms with Crippen molar-refractivity contribution in [1.82, 2.24) is 21.3 Å². The lowest BCUT2D eigenvalue weighted by atomic mass is 9.68. The Balaban J connectivity index is 0.000000176. The van der Waals surface area contributed by atoms with Crippen LogP contribution in [0.3, 0.4) is 0 Å². The molecule has 98 heavy (non-hydrogen) atoms. The summed E-state index contributed by atoms with van der Waals surface area (Å²) < 4.78 is 0. The predicted molar refractivity (Wildman–Crippen MR) is 392 cm³/mol. The van der Waals surface area contributed by atoms with Crippen molar-refractivity contribution in [3.05, 3.63) is 431 Å². The second kappa shape index (κ2) is 30.1. The molecular weight excluding hydrogens is 1200 g/mol. The molecule has 2 fully saturated rings. The average Bonchev–Trinajstić information content (AvgIpc) is 0.904. The molecule has 0 aromatic heterocycles. The Morgan fingerprint density at radius 1 is 0.184 bits per heavy atom. The van der Waals surface area contributed by atoms with E-state index in [0.717, 1.165) is 105 Å². The number of nitrogens with one attached hydrogen (secondary N) is 4. The molecule has 12 aromatic rings. The molecule has 12 aromatic carbocycles. The monoisotopic (exact) mass is 1280 g/mol. The molecule has 4 amide bonds. The highest BCUT2D eigenvalue weighted by atomic mass is 16.2. The van der Waals surface area contributed by atoms with E-state index in [4.69, 9.17) is 0 Å². The Bertz CT molecular complexity index is 3550. The third-order valence-corrected chi connectivity index (χ3v) is 20.1. The minimum absolute atomic E-state index is 0.109. The van der Waals surface area contributed by atoms with Gasteiger partial charge in [-0.25, -0.2) is 0 Å². The third-order valence-electron chi connectivity index (χ3n) is 20.1. The van der Waals surface area contributed by atoms with E-state index < -0.39 is 21.7 Å². The van der Waals surface area contributed by atoms with Crippen molar-refractivity contribution in [1.29, 1.82) is 0 Å². The smallest absolute Gasteiger partial charge is 0.239 e. The first-order chi connectivity index (χ1) is 48.3. The highest BCUT2D eigenvalue weighted by Crippen LogP contribution is 2.45. The highest BCUT2D eigenvalue weighted by molar-refractivity contribution is 6.00. The number of amides is 4. The first-order valence-electron chi connectivity index (χ1n) is 34.2. The van der Waals surface area contributed by atoms with Crippen molar-refractivity contribution in [3.63, 3.8) is 0 Å². The lowest BCUT2D eigenvalue weighted by molar-refractivity contribution is -0.127. The Hall–Kier alpha value is -11.5. The summed E-state index contributed by atoms with van der Waals surface area (Å²) in [6.45, 7) is 0. The molecule has 0 unspecified atom stereocenters. The summed E-state index contributed by atoms with van der Waals surface area (Å²) >= 11 is 0. The molecule has 0 saturated heterocycles. The number of carbonyl (C=O) groups excluding carboxylic acids is 4. The van der Waals surface area contributed by atoms with Gasteiger partial charge in [-0.05, 0) is 105 Å². The van der Waals surface area contributed by atoms with Gasteiger partial charge >= 0.3 is 0 Å². The van der Waals surface area contributed by atoms with Gasteiger partial charge in [-0.2, -0.15) is 0 Å². The number of hydrogen-bond donors (Lipinski definition) is 4. The van der Waals surface area contributed by atoms with Crippen molar-refractivity contribution >= 4 is 23.6 Å². The maximum Gasteiger partial charge on any atom is 0.239 e. The lowest BCUT2D eigenvalue weighted by Crippen LogP contribution is -2.57. The molecule has 2 saturated carbocycles. The fourth-order valence-electron chi connectivity index (χ4n) is 15.5. The minimum atomic E-state index is -1.09. The molecule has 0 aliphatic heterocycles. The van der Waals surface area contributed by atoms with Crippen LogP contribution in [0.2, 0.25) is 0 Å². The zero-order valence-corrected chi connectivity index (χ0v) is 54.8. The summed E-state index contributed by atoms with van der Waals surface area (Å²) in [6.07, 6.45) is 4.83.